The van der Waals surface area contributed by atoms with E-state index in [0.717, 1.165) is 42.5 Å². The van der Waals surface area contributed by atoms with Gasteiger partial charge in [0.05, 0.1) is 36.0 Å². The maximum absolute atomic E-state index is 12.6. The number of likely N-dealkylation sites (tertiary alicyclic amines) is 1. The molecule has 1 aliphatic rings. The molecular weight excluding hydrogens is 436 g/mol. The van der Waals surface area contributed by atoms with Gasteiger partial charge in [0.25, 0.3) is 5.56 Å². The van der Waals surface area contributed by atoms with Gasteiger partial charge in [-0.25, -0.2) is 9.78 Å². The van der Waals surface area contributed by atoms with Crippen molar-refractivity contribution in [1.82, 2.24) is 39.4 Å². The average molecular weight is 463 g/mol. The van der Waals surface area contributed by atoms with Crippen LogP contribution in [0.15, 0.2) is 52.4 Å². The number of hydrogen-bond acceptors (Lipinski definition) is 6. The Balaban J connectivity index is 1.10. The van der Waals surface area contributed by atoms with Crippen molar-refractivity contribution in [2.75, 3.05) is 13.1 Å². The van der Waals surface area contributed by atoms with E-state index in [0.29, 0.717) is 31.2 Å². The molecule has 1 saturated heterocycles. The third kappa shape index (κ3) is 4.98. The molecule has 0 saturated carbocycles. The van der Waals surface area contributed by atoms with E-state index in [-0.39, 0.29) is 12.3 Å². The Morgan fingerprint density at radius 3 is 2.74 bits per heavy atom. The number of H-pyrrole nitrogens is 2. The van der Waals surface area contributed by atoms with Crippen molar-refractivity contribution < 1.29 is 4.79 Å². The Kier molecular flexibility index (Phi) is 6.07. The Morgan fingerprint density at radius 2 is 1.91 bits per heavy atom. The molecule has 3 aromatic heterocycles. The highest BCUT2D eigenvalue weighted by Crippen LogP contribution is 2.21. The Labute approximate surface area is 194 Å². The Hall–Kier alpha value is -4.02. The summed E-state index contributed by atoms with van der Waals surface area (Å²) >= 11 is 0. The molecule has 11 nitrogen and oxygen atoms in total. The van der Waals surface area contributed by atoms with Gasteiger partial charge < -0.3 is 14.5 Å². The van der Waals surface area contributed by atoms with Crippen molar-refractivity contribution in [2.45, 2.75) is 38.8 Å². The summed E-state index contributed by atoms with van der Waals surface area (Å²) in [7, 11) is 0. The fourth-order valence-corrected chi connectivity index (χ4v) is 4.51. The number of fused-ring (bicyclic) bond motifs is 1. The lowest BCUT2D eigenvalue weighted by atomic mass is 9.92. The molecule has 0 spiro atoms. The molecule has 1 aliphatic heterocycles. The number of aryl methyl sites for hydroxylation is 2. The molecule has 176 valence electrons. The molecular formula is C23H26N8O3. The van der Waals surface area contributed by atoms with E-state index in [4.69, 9.17) is 0 Å². The van der Waals surface area contributed by atoms with Crippen LogP contribution in [-0.4, -0.2) is 58.4 Å². The summed E-state index contributed by atoms with van der Waals surface area (Å²) in [4.78, 5) is 46.2. The summed E-state index contributed by atoms with van der Waals surface area (Å²) < 4.78 is 3.98. The zero-order valence-corrected chi connectivity index (χ0v) is 18.7. The van der Waals surface area contributed by atoms with Crippen LogP contribution in [0.5, 0.6) is 0 Å². The van der Waals surface area contributed by atoms with Crippen molar-refractivity contribution >= 4 is 16.9 Å². The minimum atomic E-state index is -0.597. The van der Waals surface area contributed by atoms with E-state index < -0.39 is 11.2 Å². The molecule has 0 bridgehead atoms. The molecule has 1 amide bonds. The van der Waals surface area contributed by atoms with Gasteiger partial charge in [-0.2, -0.15) is 0 Å². The number of aromatic amines is 2. The van der Waals surface area contributed by atoms with E-state index in [1.54, 1.807) is 4.90 Å². The van der Waals surface area contributed by atoms with Gasteiger partial charge in [-0.15, -0.1) is 5.10 Å². The van der Waals surface area contributed by atoms with Gasteiger partial charge in [-0.05, 0) is 37.3 Å². The van der Waals surface area contributed by atoms with Crippen molar-refractivity contribution in [2.24, 2.45) is 5.92 Å². The first-order chi connectivity index (χ1) is 16.5. The van der Waals surface area contributed by atoms with Crippen LogP contribution in [0.3, 0.4) is 0 Å². The molecule has 0 radical (unpaired) electrons. The minimum Gasteiger partial charge on any atom is -0.342 e. The lowest BCUT2D eigenvalue weighted by Gasteiger charge is -2.31. The zero-order chi connectivity index (χ0) is 23.5. The topological polar surface area (TPSA) is 135 Å². The fourth-order valence-electron chi connectivity index (χ4n) is 4.51. The second-order valence-corrected chi connectivity index (χ2v) is 8.72. The number of nitrogens with zero attached hydrogens (tertiary/aromatic N) is 6. The number of nitrogens with one attached hydrogen (secondary N) is 2. The Bertz CT molecular complexity index is 1380. The highest BCUT2D eigenvalue weighted by atomic mass is 16.2. The molecule has 0 aliphatic carbocycles. The monoisotopic (exact) mass is 462 g/mol. The van der Waals surface area contributed by atoms with Gasteiger partial charge in [0.15, 0.2) is 0 Å². The molecule has 1 aromatic carbocycles. The summed E-state index contributed by atoms with van der Waals surface area (Å²) in [6, 6.07) is 9.31. The third-order valence-corrected chi connectivity index (χ3v) is 6.31. The highest BCUT2D eigenvalue weighted by Gasteiger charge is 2.24. The smallest absolute Gasteiger partial charge is 0.325 e. The van der Waals surface area contributed by atoms with Crippen molar-refractivity contribution in [3.63, 3.8) is 0 Å². The molecule has 0 unspecified atom stereocenters. The van der Waals surface area contributed by atoms with Crippen LogP contribution in [0.2, 0.25) is 0 Å². The van der Waals surface area contributed by atoms with Crippen LogP contribution < -0.4 is 11.2 Å². The summed E-state index contributed by atoms with van der Waals surface area (Å²) in [5, 5.41) is 8.62. The van der Waals surface area contributed by atoms with Gasteiger partial charge in [0.1, 0.15) is 0 Å². The largest absolute Gasteiger partial charge is 0.342 e. The first-order valence-electron chi connectivity index (χ1n) is 11.4. The fraction of sp³-hybridized carbons (Fsp3) is 0.391. The number of aromatic nitrogens is 7. The van der Waals surface area contributed by atoms with E-state index in [1.165, 1.54) is 6.07 Å². The van der Waals surface area contributed by atoms with Crippen molar-refractivity contribution in [3.05, 3.63) is 75.1 Å². The van der Waals surface area contributed by atoms with Crippen LogP contribution in [0.1, 0.15) is 24.2 Å². The van der Waals surface area contributed by atoms with Gasteiger partial charge >= 0.3 is 5.69 Å². The maximum Gasteiger partial charge on any atom is 0.325 e. The van der Waals surface area contributed by atoms with Crippen LogP contribution in [0, 0.1) is 5.92 Å². The van der Waals surface area contributed by atoms with Crippen LogP contribution in [0.25, 0.3) is 11.0 Å². The SMILES string of the molecule is O=C(Cc1cc(=O)[nH]c(=O)[nH]1)N1CCC(Cc2cn(CCn3cnc4ccccc43)nn2)CC1. The molecule has 34 heavy (non-hydrogen) atoms. The third-order valence-electron chi connectivity index (χ3n) is 6.31. The number of amides is 1. The van der Waals surface area contributed by atoms with E-state index in [9.17, 15) is 14.4 Å². The van der Waals surface area contributed by atoms with E-state index in [2.05, 4.69) is 35.9 Å². The standard InChI is InChI=1S/C23H26N8O3/c32-21-12-17(25-23(34)26-21)13-22(33)29-7-5-16(6-8-29)11-18-14-31(28-27-18)10-9-30-15-24-19-3-1-2-4-20(19)30/h1-4,12,14-16H,5-11,13H2,(H2,25,26,32,34). The van der Waals surface area contributed by atoms with Crippen molar-refractivity contribution in [1.29, 1.82) is 0 Å². The van der Waals surface area contributed by atoms with Crippen LogP contribution in [-0.2, 0) is 30.7 Å². The lowest BCUT2D eigenvalue weighted by Crippen LogP contribution is -2.40. The van der Waals surface area contributed by atoms with Gasteiger partial charge in [-0.3, -0.25) is 19.3 Å². The number of piperidine rings is 1. The van der Waals surface area contributed by atoms with E-state index in [1.807, 2.05) is 35.4 Å². The second kappa shape index (κ2) is 9.46. The summed E-state index contributed by atoms with van der Waals surface area (Å²) in [6.45, 7) is 2.78. The number of benzene rings is 1. The summed E-state index contributed by atoms with van der Waals surface area (Å²) in [6.07, 6.45) is 6.46. The lowest BCUT2D eigenvalue weighted by molar-refractivity contribution is -0.131. The second-order valence-electron chi connectivity index (χ2n) is 8.72. The molecule has 4 heterocycles. The number of rotatable bonds is 7. The summed E-state index contributed by atoms with van der Waals surface area (Å²) in [5.74, 6) is 0.351. The van der Waals surface area contributed by atoms with Gasteiger partial charge in [0.2, 0.25) is 5.91 Å². The number of imidazole rings is 1. The number of carbonyl (C=O) groups is 1. The predicted octanol–water partition coefficient (Wildman–Crippen LogP) is 0.728. The maximum atomic E-state index is 12.6. The first kappa shape index (κ1) is 21.8. The number of carbonyl (C=O) groups excluding carboxylic acids is 1. The normalized spacial score (nSPS) is 14.6. The van der Waals surface area contributed by atoms with Crippen molar-refractivity contribution in [3.8, 4) is 0 Å². The number of hydrogen-bond donors (Lipinski definition) is 2. The average Bonchev–Trinajstić information content (AvgIpc) is 3.44. The van der Waals surface area contributed by atoms with E-state index >= 15 is 0 Å². The molecule has 2 N–H and O–H groups in total. The quantitative estimate of drug-likeness (QED) is 0.416. The van der Waals surface area contributed by atoms with Gasteiger partial charge in [-0.1, -0.05) is 17.3 Å². The molecule has 4 aromatic rings. The number of para-hydroxylation sites is 2. The molecule has 11 heteroatoms. The first-order valence-corrected chi connectivity index (χ1v) is 11.4. The molecule has 0 atom stereocenters. The molecule has 1 fully saturated rings. The summed E-state index contributed by atoms with van der Waals surface area (Å²) in [5.41, 5.74) is 2.28. The highest BCUT2D eigenvalue weighted by molar-refractivity contribution is 5.78. The predicted molar refractivity (Wildman–Crippen MR) is 124 cm³/mol. The van der Waals surface area contributed by atoms with Gasteiger partial charge in [0, 0.05) is 37.6 Å². The zero-order valence-electron chi connectivity index (χ0n) is 18.7. The Morgan fingerprint density at radius 1 is 1.09 bits per heavy atom. The molecule has 5 rings (SSSR count). The van der Waals surface area contributed by atoms with Crippen LogP contribution >= 0.6 is 0 Å². The minimum absolute atomic E-state index is 0.0182. The van der Waals surface area contributed by atoms with Crippen LogP contribution in [0.4, 0.5) is 0 Å².